The first-order chi connectivity index (χ1) is 9.19. The van der Waals surface area contributed by atoms with Crippen LogP contribution in [0.4, 0.5) is 0 Å². The van der Waals surface area contributed by atoms with E-state index in [0.29, 0.717) is 18.7 Å². The molecule has 0 saturated carbocycles. The smallest absolute Gasteiger partial charge is 0.119 e. The van der Waals surface area contributed by atoms with E-state index in [4.69, 9.17) is 4.74 Å². The quantitative estimate of drug-likeness (QED) is 0.846. The van der Waals surface area contributed by atoms with Crippen LogP contribution < -0.4 is 10.1 Å². The number of halogens is 1. The molecule has 2 atom stereocenters. The fraction of sp³-hybridized carbons (Fsp3) is 0.500. The number of ether oxygens (including phenoxy) is 1. The highest BCUT2D eigenvalue weighted by molar-refractivity contribution is 5.85. The van der Waals surface area contributed by atoms with E-state index < -0.39 is 0 Å². The summed E-state index contributed by atoms with van der Waals surface area (Å²) in [6.45, 7) is 11.9. The van der Waals surface area contributed by atoms with Gasteiger partial charge in [0.05, 0.1) is 0 Å². The summed E-state index contributed by atoms with van der Waals surface area (Å²) in [6, 6.07) is 9.54. The first-order valence-electron chi connectivity index (χ1n) is 6.99. The van der Waals surface area contributed by atoms with Crippen molar-refractivity contribution in [2.24, 2.45) is 0 Å². The zero-order valence-electron chi connectivity index (χ0n) is 12.3. The van der Waals surface area contributed by atoms with Crippen LogP contribution in [0.3, 0.4) is 0 Å². The number of benzene rings is 1. The van der Waals surface area contributed by atoms with Gasteiger partial charge in [-0.15, -0.1) is 12.4 Å². The van der Waals surface area contributed by atoms with E-state index in [1.807, 2.05) is 12.1 Å². The second kappa shape index (κ2) is 8.30. The maximum absolute atomic E-state index is 5.50. The molecule has 0 aromatic heterocycles. The number of rotatable bonds is 5. The normalized spacial score (nSPS) is 22.9. The van der Waals surface area contributed by atoms with Gasteiger partial charge in [0, 0.05) is 31.7 Å². The molecule has 0 aliphatic carbocycles. The van der Waals surface area contributed by atoms with Crippen molar-refractivity contribution in [3.05, 3.63) is 42.5 Å². The molecule has 1 aromatic carbocycles. The van der Waals surface area contributed by atoms with Crippen molar-refractivity contribution in [2.45, 2.75) is 32.5 Å². The maximum atomic E-state index is 5.50. The molecule has 1 heterocycles. The Morgan fingerprint density at radius 3 is 2.70 bits per heavy atom. The van der Waals surface area contributed by atoms with Gasteiger partial charge < -0.3 is 10.1 Å². The highest BCUT2D eigenvalue weighted by Crippen LogP contribution is 2.16. The molecule has 0 amide bonds. The lowest BCUT2D eigenvalue weighted by Gasteiger charge is -2.37. The molecule has 4 heteroatoms. The summed E-state index contributed by atoms with van der Waals surface area (Å²) in [6.07, 6.45) is 1.76. The van der Waals surface area contributed by atoms with Gasteiger partial charge >= 0.3 is 0 Å². The molecule has 1 aromatic rings. The summed E-state index contributed by atoms with van der Waals surface area (Å²) in [5.74, 6) is 0.908. The number of hydrogen-bond acceptors (Lipinski definition) is 3. The van der Waals surface area contributed by atoms with Crippen molar-refractivity contribution in [1.29, 1.82) is 0 Å². The Labute approximate surface area is 128 Å². The predicted octanol–water partition coefficient (Wildman–Crippen LogP) is 2.86. The van der Waals surface area contributed by atoms with Crippen LogP contribution in [0.25, 0.3) is 0 Å². The van der Waals surface area contributed by atoms with Gasteiger partial charge in [-0.2, -0.15) is 0 Å². The van der Waals surface area contributed by atoms with Crippen LogP contribution in [0.5, 0.6) is 5.75 Å². The summed E-state index contributed by atoms with van der Waals surface area (Å²) < 4.78 is 5.50. The maximum Gasteiger partial charge on any atom is 0.119 e. The highest BCUT2D eigenvalue weighted by Gasteiger charge is 2.21. The predicted molar refractivity (Wildman–Crippen MR) is 86.7 cm³/mol. The fourth-order valence-corrected chi connectivity index (χ4v) is 2.40. The molecule has 112 valence electrons. The Balaban J connectivity index is 0.00000200. The molecule has 2 rings (SSSR count). The molecule has 1 fully saturated rings. The first kappa shape index (κ1) is 17.0. The number of hydrogen-bond donors (Lipinski definition) is 1. The molecular formula is C16H25ClN2O. The molecule has 0 spiro atoms. The SMILES string of the molecule is C=CCOc1ccc(CN2CC(C)NCC2C)cc1.Cl. The van der Waals surface area contributed by atoms with Crippen LogP contribution in [-0.4, -0.2) is 36.7 Å². The average Bonchev–Trinajstić information content (AvgIpc) is 2.42. The third kappa shape index (κ3) is 4.82. The van der Waals surface area contributed by atoms with Gasteiger partial charge in [-0.1, -0.05) is 24.8 Å². The van der Waals surface area contributed by atoms with Gasteiger partial charge in [0.25, 0.3) is 0 Å². The van der Waals surface area contributed by atoms with Crippen LogP contribution in [0, 0.1) is 0 Å². The van der Waals surface area contributed by atoms with E-state index in [2.05, 4.69) is 42.8 Å². The summed E-state index contributed by atoms with van der Waals surface area (Å²) in [7, 11) is 0. The van der Waals surface area contributed by atoms with Crippen molar-refractivity contribution in [1.82, 2.24) is 10.2 Å². The lowest BCUT2D eigenvalue weighted by atomic mass is 10.1. The summed E-state index contributed by atoms with van der Waals surface area (Å²) in [5.41, 5.74) is 1.34. The van der Waals surface area contributed by atoms with Crippen molar-refractivity contribution in [3.8, 4) is 5.75 Å². The van der Waals surface area contributed by atoms with Crippen molar-refractivity contribution >= 4 is 12.4 Å². The molecule has 2 unspecified atom stereocenters. The second-order valence-electron chi connectivity index (χ2n) is 5.33. The van der Waals surface area contributed by atoms with Gasteiger partial charge in [0.1, 0.15) is 12.4 Å². The van der Waals surface area contributed by atoms with Crippen molar-refractivity contribution < 1.29 is 4.74 Å². The molecule has 1 aliphatic heterocycles. The lowest BCUT2D eigenvalue weighted by molar-refractivity contribution is 0.139. The largest absolute Gasteiger partial charge is 0.490 e. The first-order valence-corrected chi connectivity index (χ1v) is 6.99. The standard InChI is InChI=1S/C16H24N2O.ClH/c1-4-9-19-16-7-5-15(6-8-16)12-18-11-13(2)17-10-14(18)3;/h4-8,13-14,17H,1,9-12H2,2-3H3;1H. The van der Waals surface area contributed by atoms with E-state index in [9.17, 15) is 0 Å². The molecular weight excluding hydrogens is 272 g/mol. The van der Waals surface area contributed by atoms with Crippen LogP contribution in [0.15, 0.2) is 36.9 Å². The highest BCUT2D eigenvalue weighted by atomic mass is 35.5. The van der Waals surface area contributed by atoms with Crippen molar-refractivity contribution in [2.75, 3.05) is 19.7 Å². The number of piperazine rings is 1. The topological polar surface area (TPSA) is 24.5 Å². The van der Waals surface area contributed by atoms with E-state index in [-0.39, 0.29) is 12.4 Å². The van der Waals surface area contributed by atoms with E-state index in [0.717, 1.165) is 25.4 Å². The minimum Gasteiger partial charge on any atom is -0.490 e. The summed E-state index contributed by atoms with van der Waals surface area (Å²) in [5, 5.41) is 3.51. The van der Waals surface area contributed by atoms with Crippen LogP contribution in [0.2, 0.25) is 0 Å². The van der Waals surface area contributed by atoms with E-state index >= 15 is 0 Å². The Morgan fingerprint density at radius 2 is 2.05 bits per heavy atom. The van der Waals surface area contributed by atoms with Crippen LogP contribution >= 0.6 is 12.4 Å². The number of nitrogens with zero attached hydrogens (tertiary/aromatic N) is 1. The summed E-state index contributed by atoms with van der Waals surface area (Å²) >= 11 is 0. The molecule has 1 aliphatic rings. The average molecular weight is 297 g/mol. The van der Waals surface area contributed by atoms with Gasteiger partial charge in [-0.05, 0) is 31.5 Å². The molecule has 1 saturated heterocycles. The van der Waals surface area contributed by atoms with Crippen LogP contribution in [-0.2, 0) is 6.54 Å². The lowest BCUT2D eigenvalue weighted by Crippen LogP contribution is -2.53. The molecule has 20 heavy (non-hydrogen) atoms. The Kier molecular flexibility index (Phi) is 7.06. The second-order valence-corrected chi connectivity index (χ2v) is 5.33. The molecule has 0 radical (unpaired) electrons. The minimum atomic E-state index is 0. The Hall–Kier alpha value is -1.03. The Bertz CT molecular complexity index is 407. The molecule has 0 bridgehead atoms. The van der Waals surface area contributed by atoms with Gasteiger partial charge in [-0.25, -0.2) is 0 Å². The van der Waals surface area contributed by atoms with Gasteiger partial charge in [0.2, 0.25) is 0 Å². The zero-order valence-corrected chi connectivity index (χ0v) is 13.2. The van der Waals surface area contributed by atoms with Gasteiger partial charge in [0.15, 0.2) is 0 Å². The van der Waals surface area contributed by atoms with Gasteiger partial charge in [-0.3, -0.25) is 4.90 Å². The van der Waals surface area contributed by atoms with E-state index in [1.165, 1.54) is 5.56 Å². The monoisotopic (exact) mass is 296 g/mol. The third-order valence-corrected chi connectivity index (χ3v) is 3.57. The number of nitrogens with one attached hydrogen (secondary N) is 1. The fourth-order valence-electron chi connectivity index (χ4n) is 2.40. The van der Waals surface area contributed by atoms with Crippen LogP contribution in [0.1, 0.15) is 19.4 Å². The molecule has 3 nitrogen and oxygen atoms in total. The molecule has 1 N–H and O–H groups in total. The minimum absolute atomic E-state index is 0. The zero-order chi connectivity index (χ0) is 13.7. The third-order valence-electron chi connectivity index (χ3n) is 3.57. The van der Waals surface area contributed by atoms with E-state index in [1.54, 1.807) is 6.08 Å². The van der Waals surface area contributed by atoms with Crippen molar-refractivity contribution in [3.63, 3.8) is 0 Å². The Morgan fingerprint density at radius 1 is 1.35 bits per heavy atom. The summed E-state index contributed by atoms with van der Waals surface area (Å²) in [4.78, 5) is 2.53.